The Hall–Kier alpha value is -1.81. The summed E-state index contributed by atoms with van der Waals surface area (Å²) in [6.45, 7) is 3.10. The van der Waals surface area contributed by atoms with Crippen molar-refractivity contribution in [1.82, 2.24) is 16.0 Å². The van der Waals surface area contributed by atoms with Crippen LogP contribution in [0.4, 0.5) is 0 Å². The summed E-state index contributed by atoms with van der Waals surface area (Å²) in [6, 6.07) is -1.90. The maximum atomic E-state index is 12.4. The van der Waals surface area contributed by atoms with E-state index in [1.807, 2.05) is 13.2 Å². The molecular weight excluding hydrogens is 348 g/mol. The zero-order chi connectivity index (χ0) is 19.4. The van der Waals surface area contributed by atoms with Gasteiger partial charge in [0.05, 0.1) is 13.1 Å². The molecule has 144 valence electrons. The van der Waals surface area contributed by atoms with Gasteiger partial charge in [-0.05, 0) is 24.3 Å². The predicted molar refractivity (Wildman–Crippen MR) is 96.0 cm³/mol. The summed E-state index contributed by atoms with van der Waals surface area (Å²) in [5, 5.41) is 16.5. The number of rotatable bonds is 12. The highest BCUT2D eigenvalue weighted by Gasteiger charge is 2.29. The first kappa shape index (κ1) is 23.2. The summed E-state index contributed by atoms with van der Waals surface area (Å²) in [7, 11) is 0. The van der Waals surface area contributed by atoms with Gasteiger partial charge in [0.15, 0.2) is 0 Å². The van der Waals surface area contributed by atoms with Gasteiger partial charge in [-0.15, -0.1) is 0 Å². The van der Waals surface area contributed by atoms with Crippen LogP contribution in [0.5, 0.6) is 0 Å². The zero-order valence-electron chi connectivity index (χ0n) is 14.8. The third-order valence-electron chi connectivity index (χ3n) is 3.67. The lowest BCUT2D eigenvalue weighted by Gasteiger charge is -2.25. The lowest BCUT2D eigenvalue weighted by Crippen LogP contribution is -2.55. The molecule has 0 saturated heterocycles. The van der Waals surface area contributed by atoms with E-state index >= 15 is 0 Å². The highest BCUT2D eigenvalue weighted by molar-refractivity contribution is 7.98. The van der Waals surface area contributed by atoms with Gasteiger partial charge in [-0.2, -0.15) is 11.8 Å². The molecule has 0 aromatic carbocycles. The normalized spacial score (nSPS) is 14.1. The van der Waals surface area contributed by atoms with Crippen LogP contribution in [0, 0.1) is 5.92 Å². The molecule has 3 atom stereocenters. The summed E-state index contributed by atoms with van der Waals surface area (Å²) in [4.78, 5) is 46.7. The van der Waals surface area contributed by atoms with Gasteiger partial charge in [-0.1, -0.05) is 20.3 Å². The summed E-state index contributed by atoms with van der Waals surface area (Å²) in [5.41, 5.74) is 5.14. The van der Waals surface area contributed by atoms with Crippen molar-refractivity contribution in [3.8, 4) is 0 Å². The van der Waals surface area contributed by atoms with Crippen molar-refractivity contribution in [2.75, 3.05) is 25.1 Å². The highest BCUT2D eigenvalue weighted by Crippen LogP contribution is 2.09. The van der Waals surface area contributed by atoms with Crippen molar-refractivity contribution in [1.29, 1.82) is 0 Å². The first-order valence-electron chi connectivity index (χ1n) is 8.04. The lowest BCUT2D eigenvalue weighted by molar-refractivity contribution is -0.142. The minimum Gasteiger partial charge on any atom is -0.480 e. The van der Waals surface area contributed by atoms with Crippen LogP contribution in [0.3, 0.4) is 0 Å². The van der Waals surface area contributed by atoms with E-state index < -0.39 is 35.8 Å². The van der Waals surface area contributed by atoms with E-state index in [0.717, 1.165) is 0 Å². The largest absolute Gasteiger partial charge is 0.480 e. The van der Waals surface area contributed by atoms with Crippen molar-refractivity contribution in [2.24, 2.45) is 11.7 Å². The molecule has 0 aliphatic rings. The number of thioether (sulfide) groups is 1. The molecule has 0 radical (unpaired) electrons. The third kappa shape index (κ3) is 9.30. The van der Waals surface area contributed by atoms with Crippen LogP contribution < -0.4 is 21.7 Å². The van der Waals surface area contributed by atoms with E-state index in [1.165, 1.54) is 11.8 Å². The average molecular weight is 376 g/mol. The molecule has 0 saturated carbocycles. The molecule has 3 unspecified atom stereocenters. The Balaban J connectivity index is 4.88. The Kier molecular flexibility index (Phi) is 11.6. The maximum absolute atomic E-state index is 12.4. The lowest BCUT2D eigenvalue weighted by atomic mass is 9.97. The second-order valence-corrected chi connectivity index (χ2v) is 6.58. The van der Waals surface area contributed by atoms with E-state index in [2.05, 4.69) is 16.0 Å². The number of hydrogen-bond donors (Lipinski definition) is 5. The molecule has 25 heavy (non-hydrogen) atoms. The zero-order valence-corrected chi connectivity index (χ0v) is 15.6. The molecule has 0 aromatic rings. The van der Waals surface area contributed by atoms with Gasteiger partial charge < -0.3 is 26.8 Å². The Morgan fingerprint density at radius 1 is 1.16 bits per heavy atom. The average Bonchev–Trinajstić information content (AvgIpc) is 2.59. The molecule has 0 heterocycles. The summed E-state index contributed by atoms with van der Waals surface area (Å²) < 4.78 is 0. The number of nitrogens with two attached hydrogens (primary N) is 1. The highest BCUT2D eigenvalue weighted by atomic mass is 32.2. The number of amides is 3. The number of carbonyl (C=O) groups excluding carboxylic acids is 3. The van der Waals surface area contributed by atoms with Crippen LogP contribution in [-0.2, 0) is 19.2 Å². The Labute approximate surface area is 151 Å². The van der Waals surface area contributed by atoms with Crippen molar-refractivity contribution >= 4 is 35.5 Å². The first-order valence-corrected chi connectivity index (χ1v) is 9.44. The van der Waals surface area contributed by atoms with Crippen molar-refractivity contribution < 1.29 is 24.3 Å². The van der Waals surface area contributed by atoms with Gasteiger partial charge in [-0.25, -0.2) is 4.79 Å². The SMILES string of the molecule is CCC(C)C(NC(=O)CNC(=O)CN)C(=O)NC(CCSC)C(=O)O. The number of carboxylic acids is 1. The second kappa shape index (κ2) is 12.5. The topological polar surface area (TPSA) is 151 Å². The number of carbonyl (C=O) groups is 4. The van der Waals surface area contributed by atoms with Crippen LogP contribution >= 0.6 is 11.8 Å². The molecule has 0 aliphatic carbocycles. The van der Waals surface area contributed by atoms with E-state index in [9.17, 15) is 24.3 Å². The molecule has 0 fully saturated rings. The van der Waals surface area contributed by atoms with Gasteiger partial charge >= 0.3 is 5.97 Å². The van der Waals surface area contributed by atoms with Crippen LogP contribution in [0.15, 0.2) is 0 Å². The number of hydrogen-bond acceptors (Lipinski definition) is 6. The molecular formula is C15H28N4O5S. The molecule has 6 N–H and O–H groups in total. The fraction of sp³-hybridized carbons (Fsp3) is 0.733. The van der Waals surface area contributed by atoms with Gasteiger partial charge in [0.25, 0.3) is 0 Å². The molecule has 0 spiro atoms. The molecule has 0 rings (SSSR count). The minimum absolute atomic E-state index is 0.204. The van der Waals surface area contributed by atoms with Crippen LogP contribution in [0.2, 0.25) is 0 Å². The monoisotopic (exact) mass is 376 g/mol. The van der Waals surface area contributed by atoms with Gasteiger partial charge in [0.2, 0.25) is 17.7 Å². The Bertz CT molecular complexity index is 475. The summed E-state index contributed by atoms with van der Waals surface area (Å²) in [5.74, 6) is -2.32. The maximum Gasteiger partial charge on any atom is 0.326 e. The molecule has 3 amide bonds. The predicted octanol–water partition coefficient (Wildman–Crippen LogP) is -1.09. The van der Waals surface area contributed by atoms with Crippen LogP contribution in [-0.4, -0.2) is 66.0 Å². The van der Waals surface area contributed by atoms with E-state index in [0.29, 0.717) is 12.2 Å². The molecule has 0 aliphatic heterocycles. The van der Waals surface area contributed by atoms with Crippen LogP contribution in [0.25, 0.3) is 0 Å². The quantitative estimate of drug-likeness (QED) is 0.290. The number of carboxylic acid groups (broad SMARTS) is 1. The van der Waals surface area contributed by atoms with E-state index in [1.54, 1.807) is 6.92 Å². The smallest absolute Gasteiger partial charge is 0.326 e. The van der Waals surface area contributed by atoms with Gasteiger partial charge in [0, 0.05) is 0 Å². The molecule has 0 aromatic heterocycles. The third-order valence-corrected chi connectivity index (χ3v) is 4.31. The number of nitrogens with one attached hydrogen (secondary N) is 3. The summed E-state index contributed by atoms with van der Waals surface area (Å²) in [6.07, 6.45) is 2.74. The molecule has 9 nitrogen and oxygen atoms in total. The number of aliphatic carboxylic acids is 1. The fourth-order valence-corrected chi connectivity index (χ4v) is 2.40. The first-order chi connectivity index (χ1) is 11.8. The fourth-order valence-electron chi connectivity index (χ4n) is 1.93. The van der Waals surface area contributed by atoms with Crippen molar-refractivity contribution in [3.05, 3.63) is 0 Å². The van der Waals surface area contributed by atoms with Crippen molar-refractivity contribution in [2.45, 2.75) is 38.8 Å². The van der Waals surface area contributed by atoms with Gasteiger partial charge in [-0.3, -0.25) is 14.4 Å². The Morgan fingerprint density at radius 2 is 1.80 bits per heavy atom. The summed E-state index contributed by atoms with van der Waals surface area (Å²) >= 11 is 1.48. The second-order valence-electron chi connectivity index (χ2n) is 5.59. The molecule has 10 heteroatoms. The Morgan fingerprint density at radius 3 is 2.28 bits per heavy atom. The van der Waals surface area contributed by atoms with E-state index in [-0.39, 0.29) is 25.4 Å². The molecule has 0 bridgehead atoms. The minimum atomic E-state index is -1.12. The van der Waals surface area contributed by atoms with Gasteiger partial charge in [0.1, 0.15) is 12.1 Å². The standard InChI is InChI=1S/C15H28N4O5S/c1-4-9(2)13(19-12(21)8-17-11(20)7-16)14(22)18-10(15(23)24)5-6-25-3/h9-10,13H,4-8,16H2,1-3H3,(H,17,20)(H,18,22)(H,19,21)(H,23,24). The van der Waals surface area contributed by atoms with Crippen LogP contribution in [0.1, 0.15) is 26.7 Å². The van der Waals surface area contributed by atoms with E-state index in [4.69, 9.17) is 5.73 Å². The van der Waals surface area contributed by atoms with Crippen molar-refractivity contribution in [3.63, 3.8) is 0 Å².